The lowest BCUT2D eigenvalue weighted by atomic mass is 9.86. The summed E-state index contributed by atoms with van der Waals surface area (Å²) in [5.41, 5.74) is 8.65. The average Bonchev–Trinajstić information content (AvgIpc) is 3.23. The zero-order valence-electron chi connectivity index (χ0n) is 15.3. The molecule has 1 amide bonds. The van der Waals surface area contributed by atoms with E-state index in [0.29, 0.717) is 19.0 Å². The van der Waals surface area contributed by atoms with E-state index in [2.05, 4.69) is 10.9 Å². The number of rotatable bonds is 4. The number of carbonyl (C=O) groups is 2. The second-order valence-electron chi connectivity index (χ2n) is 8.12. The van der Waals surface area contributed by atoms with Crippen molar-refractivity contribution in [1.82, 2.24) is 15.8 Å². The molecule has 140 valence electrons. The maximum atomic E-state index is 13.3. The molecule has 2 aliphatic heterocycles. The number of amides is 1. The molecule has 3 aliphatic rings. The fraction of sp³-hybridized carbons (Fsp3) is 0.600. The van der Waals surface area contributed by atoms with Gasteiger partial charge in [0.25, 0.3) is 0 Å². The molecule has 4 rings (SSSR count). The summed E-state index contributed by atoms with van der Waals surface area (Å²) in [6, 6.07) is 8.14. The van der Waals surface area contributed by atoms with E-state index in [1.165, 1.54) is 12.8 Å². The summed E-state index contributed by atoms with van der Waals surface area (Å²) >= 11 is 0. The van der Waals surface area contributed by atoms with Crippen molar-refractivity contribution >= 4 is 11.9 Å². The Balaban J connectivity index is 1.57. The van der Waals surface area contributed by atoms with Crippen LogP contribution in [-0.2, 0) is 9.59 Å². The van der Waals surface area contributed by atoms with Gasteiger partial charge in [-0.2, -0.15) is 0 Å². The third-order valence-electron chi connectivity index (χ3n) is 6.35. The Morgan fingerprint density at radius 2 is 1.88 bits per heavy atom. The molecule has 3 N–H and O–H groups in total. The number of hydrazine groups is 1. The summed E-state index contributed by atoms with van der Waals surface area (Å²) in [7, 11) is 0. The minimum absolute atomic E-state index is 0.0638. The number of carboxylic acids is 1. The monoisotopic (exact) mass is 357 g/mol. The van der Waals surface area contributed by atoms with Crippen LogP contribution in [0.15, 0.2) is 24.3 Å². The number of benzene rings is 1. The van der Waals surface area contributed by atoms with E-state index < -0.39 is 11.9 Å². The number of hydrogen-bond acceptors (Lipinski definition) is 4. The Labute approximate surface area is 153 Å². The van der Waals surface area contributed by atoms with E-state index in [0.717, 1.165) is 11.1 Å². The van der Waals surface area contributed by atoms with Gasteiger partial charge in [-0.3, -0.25) is 20.4 Å². The van der Waals surface area contributed by atoms with E-state index in [1.807, 2.05) is 38.1 Å². The Morgan fingerprint density at radius 3 is 2.54 bits per heavy atom. The highest BCUT2D eigenvalue weighted by atomic mass is 16.4. The second-order valence-corrected chi connectivity index (χ2v) is 8.12. The van der Waals surface area contributed by atoms with Gasteiger partial charge in [-0.15, -0.1) is 0 Å². The van der Waals surface area contributed by atoms with Crippen molar-refractivity contribution in [3.63, 3.8) is 0 Å². The molecule has 1 aromatic rings. The van der Waals surface area contributed by atoms with E-state index >= 15 is 0 Å². The zero-order chi connectivity index (χ0) is 18.4. The molecule has 2 heterocycles. The van der Waals surface area contributed by atoms with Gasteiger partial charge in [0.05, 0.1) is 11.8 Å². The van der Waals surface area contributed by atoms with Crippen LogP contribution in [0.3, 0.4) is 0 Å². The molecule has 6 nitrogen and oxygen atoms in total. The third kappa shape index (κ3) is 3.01. The molecule has 0 bridgehead atoms. The molecule has 5 atom stereocenters. The van der Waals surface area contributed by atoms with Gasteiger partial charge in [0, 0.05) is 31.1 Å². The van der Waals surface area contributed by atoms with Crippen LogP contribution in [-0.4, -0.2) is 47.1 Å². The zero-order valence-corrected chi connectivity index (χ0v) is 15.3. The Kier molecular flexibility index (Phi) is 4.49. The van der Waals surface area contributed by atoms with Crippen molar-refractivity contribution in [2.24, 2.45) is 17.8 Å². The van der Waals surface area contributed by atoms with Gasteiger partial charge in [0.15, 0.2) is 0 Å². The van der Waals surface area contributed by atoms with Crippen LogP contribution in [0.4, 0.5) is 0 Å². The van der Waals surface area contributed by atoms with Gasteiger partial charge < -0.3 is 10.0 Å². The van der Waals surface area contributed by atoms with Crippen molar-refractivity contribution < 1.29 is 14.7 Å². The Morgan fingerprint density at radius 1 is 1.15 bits per heavy atom. The molecule has 3 unspecified atom stereocenters. The van der Waals surface area contributed by atoms with E-state index in [-0.39, 0.29) is 29.8 Å². The molecular weight excluding hydrogens is 330 g/mol. The number of aryl methyl sites for hydroxylation is 1. The normalized spacial score (nSPS) is 34.2. The average molecular weight is 357 g/mol. The maximum absolute atomic E-state index is 13.3. The highest BCUT2D eigenvalue weighted by molar-refractivity contribution is 5.83. The Hall–Kier alpha value is -1.92. The van der Waals surface area contributed by atoms with Crippen molar-refractivity contribution in [2.45, 2.75) is 44.7 Å². The second kappa shape index (κ2) is 6.67. The number of hydrogen-bond donors (Lipinski definition) is 3. The Bertz CT molecular complexity index is 718. The summed E-state index contributed by atoms with van der Waals surface area (Å²) in [6.45, 7) is 4.82. The summed E-state index contributed by atoms with van der Waals surface area (Å²) < 4.78 is 0. The van der Waals surface area contributed by atoms with Crippen LogP contribution in [0.25, 0.3) is 0 Å². The van der Waals surface area contributed by atoms with Gasteiger partial charge in [0.2, 0.25) is 5.91 Å². The molecule has 1 saturated carbocycles. The lowest BCUT2D eigenvalue weighted by Crippen LogP contribution is -2.44. The highest BCUT2D eigenvalue weighted by Gasteiger charge is 2.50. The van der Waals surface area contributed by atoms with Crippen LogP contribution < -0.4 is 10.9 Å². The van der Waals surface area contributed by atoms with E-state index in [1.54, 1.807) is 4.90 Å². The van der Waals surface area contributed by atoms with Crippen molar-refractivity contribution in [3.05, 3.63) is 35.4 Å². The number of carboxylic acid groups (broad SMARTS) is 1. The summed E-state index contributed by atoms with van der Waals surface area (Å²) in [6.07, 6.45) is 2.33. The molecule has 0 spiro atoms. The predicted octanol–water partition coefficient (Wildman–Crippen LogP) is 1.51. The number of likely N-dealkylation sites (tertiary alicyclic amines) is 1. The molecule has 3 fully saturated rings. The topological polar surface area (TPSA) is 81.7 Å². The first-order chi connectivity index (χ1) is 12.5. The SMILES string of the molecule is Cc1ccccc1[C@H]1CN(C(=O)C2C(C)NNC2C2CC2)C[C@@H]1C(=O)O. The van der Waals surface area contributed by atoms with Crippen molar-refractivity contribution in [1.29, 1.82) is 0 Å². The number of aliphatic carboxylic acids is 1. The van der Waals surface area contributed by atoms with E-state index in [9.17, 15) is 14.7 Å². The van der Waals surface area contributed by atoms with Crippen LogP contribution in [0, 0.1) is 24.7 Å². The summed E-state index contributed by atoms with van der Waals surface area (Å²) in [5, 5.41) is 9.74. The lowest BCUT2D eigenvalue weighted by Gasteiger charge is -2.26. The first-order valence-electron chi connectivity index (χ1n) is 9.55. The van der Waals surface area contributed by atoms with E-state index in [4.69, 9.17) is 0 Å². The number of nitrogens with one attached hydrogen (secondary N) is 2. The number of carbonyl (C=O) groups excluding carboxylic acids is 1. The first kappa shape index (κ1) is 17.5. The van der Waals surface area contributed by atoms with Crippen LogP contribution in [0.1, 0.15) is 36.8 Å². The maximum Gasteiger partial charge on any atom is 0.308 e. The smallest absolute Gasteiger partial charge is 0.308 e. The number of nitrogens with zero attached hydrogens (tertiary/aromatic N) is 1. The molecule has 0 aromatic heterocycles. The standard InChI is InChI=1S/C20H27N3O3/c1-11-5-3-4-6-14(11)15-9-23(10-16(15)20(25)26)19(24)17-12(2)21-22-18(17)13-7-8-13/h3-6,12-13,15-18,21-22H,7-10H2,1-2H3,(H,25,26)/t12?,15-,16+,17?,18?/m1/s1. The lowest BCUT2D eigenvalue weighted by molar-refractivity contribution is -0.142. The van der Waals surface area contributed by atoms with Crippen LogP contribution >= 0.6 is 0 Å². The minimum Gasteiger partial charge on any atom is -0.481 e. The largest absolute Gasteiger partial charge is 0.481 e. The first-order valence-corrected chi connectivity index (χ1v) is 9.55. The molecule has 1 aliphatic carbocycles. The van der Waals surface area contributed by atoms with Crippen molar-refractivity contribution in [3.8, 4) is 0 Å². The van der Waals surface area contributed by atoms with Crippen LogP contribution in [0.2, 0.25) is 0 Å². The minimum atomic E-state index is -0.817. The molecule has 26 heavy (non-hydrogen) atoms. The molecule has 1 aromatic carbocycles. The summed E-state index contributed by atoms with van der Waals surface area (Å²) in [4.78, 5) is 26.9. The predicted molar refractivity (Wildman–Crippen MR) is 97.4 cm³/mol. The van der Waals surface area contributed by atoms with Crippen molar-refractivity contribution in [2.75, 3.05) is 13.1 Å². The van der Waals surface area contributed by atoms with Gasteiger partial charge in [0.1, 0.15) is 0 Å². The van der Waals surface area contributed by atoms with Gasteiger partial charge in [-0.1, -0.05) is 24.3 Å². The van der Waals surface area contributed by atoms with Gasteiger partial charge >= 0.3 is 5.97 Å². The third-order valence-corrected chi connectivity index (χ3v) is 6.35. The molecule has 2 saturated heterocycles. The van der Waals surface area contributed by atoms with Gasteiger partial charge in [-0.25, -0.2) is 0 Å². The fourth-order valence-electron chi connectivity index (χ4n) is 4.71. The van der Waals surface area contributed by atoms with Gasteiger partial charge in [-0.05, 0) is 43.7 Å². The molecule has 0 radical (unpaired) electrons. The fourth-order valence-corrected chi connectivity index (χ4v) is 4.71. The molecule has 6 heteroatoms. The van der Waals surface area contributed by atoms with Crippen LogP contribution in [0.5, 0.6) is 0 Å². The quantitative estimate of drug-likeness (QED) is 0.761. The summed E-state index contributed by atoms with van der Waals surface area (Å²) in [5.74, 6) is -0.969. The molecular formula is C20H27N3O3. The highest BCUT2D eigenvalue weighted by Crippen LogP contribution is 2.41.